The maximum absolute atomic E-state index is 13.2. The van der Waals surface area contributed by atoms with Crippen molar-refractivity contribution in [2.45, 2.75) is 0 Å². The van der Waals surface area contributed by atoms with Gasteiger partial charge in [0, 0.05) is 11.1 Å². The molecule has 0 aromatic heterocycles. The molecule has 3 aromatic carbocycles. The van der Waals surface area contributed by atoms with Crippen LogP contribution in [-0.2, 0) is 4.79 Å². The number of aromatic hydroxyl groups is 1. The second-order valence-corrected chi connectivity index (χ2v) is 6.87. The van der Waals surface area contributed by atoms with Gasteiger partial charge < -0.3 is 14.6 Å². The van der Waals surface area contributed by atoms with Crippen LogP contribution in [0.3, 0.4) is 0 Å². The number of methoxy groups -OCH3 is 2. The van der Waals surface area contributed by atoms with Crippen molar-refractivity contribution in [2.75, 3.05) is 14.2 Å². The van der Waals surface area contributed by atoms with Crippen LogP contribution in [0.5, 0.6) is 17.2 Å². The van der Waals surface area contributed by atoms with Crippen LogP contribution in [0.15, 0.2) is 88.6 Å². The fourth-order valence-electron chi connectivity index (χ4n) is 3.22. The second kappa shape index (κ2) is 9.18. The summed E-state index contributed by atoms with van der Waals surface area (Å²) in [5.74, 6) is 1.03. The molecule has 0 radical (unpaired) electrons. The Kier molecular flexibility index (Phi) is 5.98. The van der Waals surface area contributed by atoms with Crippen LogP contribution in [-0.4, -0.2) is 42.3 Å². The van der Waals surface area contributed by atoms with Crippen LogP contribution in [0.1, 0.15) is 16.7 Å². The van der Waals surface area contributed by atoms with Gasteiger partial charge in [-0.05, 0) is 35.9 Å². The maximum atomic E-state index is 13.2. The first-order valence-electron chi connectivity index (χ1n) is 9.85. The molecule has 1 amide bonds. The Balaban J connectivity index is 1.73. The van der Waals surface area contributed by atoms with E-state index in [9.17, 15) is 9.90 Å². The molecule has 32 heavy (non-hydrogen) atoms. The van der Waals surface area contributed by atoms with Gasteiger partial charge in [-0.25, -0.2) is 4.99 Å². The number of rotatable bonds is 6. The van der Waals surface area contributed by atoms with E-state index < -0.39 is 0 Å². The number of carbonyl (C=O) groups excluding carboxylic acids is 1. The second-order valence-electron chi connectivity index (χ2n) is 6.87. The quantitative estimate of drug-likeness (QED) is 0.475. The summed E-state index contributed by atoms with van der Waals surface area (Å²) in [5, 5.41) is 15.4. The number of ether oxygens (including phenoxy) is 2. The Morgan fingerprint density at radius 2 is 1.66 bits per heavy atom. The molecule has 0 saturated heterocycles. The van der Waals surface area contributed by atoms with E-state index >= 15 is 0 Å². The van der Waals surface area contributed by atoms with Crippen molar-refractivity contribution in [3.05, 3.63) is 95.2 Å². The summed E-state index contributed by atoms with van der Waals surface area (Å²) in [6.45, 7) is 0. The summed E-state index contributed by atoms with van der Waals surface area (Å²) < 4.78 is 10.5. The van der Waals surface area contributed by atoms with Gasteiger partial charge in [-0.1, -0.05) is 48.5 Å². The summed E-state index contributed by atoms with van der Waals surface area (Å²) >= 11 is 0. The highest BCUT2D eigenvalue weighted by atomic mass is 16.5. The summed E-state index contributed by atoms with van der Waals surface area (Å²) in [5.41, 5.74) is 2.39. The largest absolute Gasteiger partial charge is 0.504 e. The highest BCUT2D eigenvalue weighted by molar-refractivity contribution is 6.19. The van der Waals surface area contributed by atoms with E-state index in [0.717, 1.165) is 11.1 Å². The predicted molar refractivity (Wildman–Crippen MR) is 123 cm³/mol. The first kappa shape index (κ1) is 20.9. The Bertz CT molecular complexity index is 1230. The highest BCUT2D eigenvalue weighted by Gasteiger charge is 2.31. The Morgan fingerprint density at radius 3 is 2.41 bits per heavy atom. The molecular weight excluding hydrogens is 406 g/mol. The van der Waals surface area contributed by atoms with Crippen molar-refractivity contribution >= 4 is 24.0 Å². The first-order chi connectivity index (χ1) is 15.6. The lowest BCUT2D eigenvalue weighted by Gasteiger charge is -2.12. The molecule has 3 aromatic rings. The van der Waals surface area contributed by atoms with Crippen molar-refractivity contribution in [1.29, 1.82) is 0 Å². The van der Waals surface area contributed by atoms with Gasteiger partial charge in [-0.3, -0.25) is 4.79 Å². The topological polar surface area (TPSA) is 83.7 Å². The van der Waals surface area contributed by atoms with Crippen molar-refractivity contribution < 1.29 is 19.4 Å². The number of amides is 1. The molecule has 0 unspecified atom stereocenters. The molecule has 0 atom stereocenters. The maximum Gasteiger partial charge on any atom is 0.298 e. The third kappa shape index (κ3) is 4.22. The van der Waals surface area contributed by atoms with E-state index in [1.165, 1.54) is 24.4 Å². The molecule has 1 N–H and O–H groups in total. The Morgan fingerprint density at radius 1 is 0.938 bits per heavy atom. The van der Waals surface area contributed by atoms with Crippen LogP contribution in [0, 0.1) is 0 Å². The van der Waals surface area contributed by atoms with Crippen molar-refractivity contribution in [2.24, 2.45) is 10.1 Å². The van der Waals surface area contributed by atoms with Crippen molar-refractivity contribution in [3.63, 3.8) is 0 Å². The number of phenols is 1. The van der Waals surface area contributed by atoms with Crippen molar-refractivity contribution in [1.82, 2.24) is 5.01 Å². The molecule has 1 heterocycles. The molecule has 4 rings (SSSR count). The molecule has 7 heteroatoms. The summed E-state index contributed by atoms with van der Waals surface area (Å²) in [6, 6.07) is 21.6. The van der Waals surface area contributed by atoms with Gasteiger partial charge in [0.25, 0.3) is 5.91 Å². The number of aliphatic imine (C=N–C) groups is 1. The number of hydrogen-bond donors (Lipinski definition) is 1. The van der Waals surface area contributed by atoms with Gasteiger partial charge in [-0.2, -0.15) is 10.1 Å². The molecule has 1 aliphatic heterocycles. The molecule has 160 valence electrons. The van der Waals surface area contributed by atoms with E-state index in [-0.39, 0.29) is 17.4 Å². The van der Waals surface area contributed by atoms with Gasteiger partial charge in [0.15, 0.2) is 17.3 Å². The molecule has 0 fully saturated rings. The number of carbonyl (C=O) groups is 1. The van der Waals surface area contributed by atoms with Crippen LogP contribution in [0.25, 0.3) is 6.08 Å². The Labute approximate surface area is 185 Å². The zero-order chi connectivity index (χ0) is 22.5. The van der Waals surface area contributed by atoms with E-state index in [2.05, 4.69) is 10.1 Å². The smallest absolute Gasteiger partial charge is 0.298 e. The van der Waals surface area contributed by atoms with Gasteiger partial charge in [0.05, 0.1) is 20.4 Å². The highest BCUT2D eigenvalue weighted by Crippen LogP contribution is 2.27. The minimum Gasteiger partial charge on any atom is -0.504 e. The monoisotopic (exact) mass is 427 g/mol. The van der Waals surface area contributed by atoms with E-state index in [1.807, 2.05) is 54.6 Å². The van der Waals surface area contributed by atoms with Gasteiger partial charge in [0.2, 0.25) is 0 Å². The van der Waals surface area contributed by atoms with Crippen LogP contribution in [0.2, 0.25) is 0 Å². The lowest BCUT2D eigenvalue weighted by atomic mass is 10.1. The lowest BCUT2D eigenvalue weighted by Crippen LogP contribution is -2.27. The predicted octanol–water partition coefficient (Wildman–Crippen LogP) is 4.07. The van der Waals surface area contributed by atoms with Gasteiger partial charge in [0.1, 0.15) is 11.4 Å². The zero-order valence-electron chi connectivity index (χ0n) is 17.6. The number of benzene rings is 3. The number of phenolic OH excluding ortho intramolecular Hbond substituents is 1. The normalized spacial score (nSPS) is 14.8. The van der Waals surface area contributed by atoms with E-state index in [0.29, 0.717) is 22.9 Å². The fourth-order valence-corrected chi connectivity index (χ4v) is 3.22. The minimum atomic E-state index is -0.364. The average molecular weight is 427 g/mol. The summed E-state index contributed by atoms with van der Waals surface area (Å²) in [6.07, 6.45) is 3.20. The van der Waals surface area contributed by atoms with Crippen LogP contribution < -0.4 is 9.47 Å². The summed E-state index contributed by atoms with van der Waals surface area (Å²) in [7, 11) is 3.05. The standard InChI is InChI=1S/C25H21N3O4/c1-31-22-11-7-6-10-19(22)15-20-25(30)28(24(27-20)18-8-4-3-5-9-18)26-16-17-12-13-21(29)23(14-17)32-2/h3-16,29H,1-2H3/b20-15+,26-16+. The Hall–Kier alpha value is -4.39. The zero-order valence-corrected chi connectivity index (χ0v) is 17.6. The lowest BCUT2D eigenvalue weighted by molar-refractivity contribution is -0.122. The third-order valence-corrected chi connectivity index (χ3v) is 4.83. The number of nitrogens with zero attached hydrogens (tertiary/aromatic N) is 3. The molecule has 0 aliphatic carbocycles. The SMILES string of the molecule is COc1cc(/C=N/N2C(=O)/C(=C\c3ccccc3OC)N=C2c2ccccc2)ccc1O. The number of amidine groups is 1. The molecule has 1 aliphatic rings. The third-order valence-electron chi connectivity index (χ3n) is 4.83. The first-order valence-corrected chi connectivity index (χ1v) is 9.85. The van der Waals surface area contributed by atoms with Crippen LogP contribution >= 0.6 is 0 Å². The van der Waals surface area contributed by atoms with Gasteiger partial charge >= 0.3 is 0 Å². The van der Waals surface area contributed by atoms with E-state index in [4.69, 9.17) is 9.47 Å². The average Bonchev–Trinajstić information content (AvgIpc) is 3.14. The number of hydrazone groups is 1. The fraction of sp³-hybridized carbons (Fsp3) is 0.0800. The van der Waals surface area contributed by atoms with Crippen LogP contribution in [0.4, 0.5) is 0 Å². The van der Waals surface area contributed by atoms with Crippen molar-refractivity contribution in [3.8, 4) is 17.2 Å². The van der Waals surface area contributed by atoms with Gasteiger partial charge in [-0.15, -0.1) is 0 Å². The molecule has 0 spiro atoms. The molecule has 0 saturated carbocycles. The molecule has 0 bridgehead atoms. The minimum absolute atomic E-state index is 0.0236. The van der Waals surface area contributed by atoms with E-state index in [1.54, 1.807) is 25.3 Å². The number of para-hydroxylation sites is 1. The summed E-state index contributed by atoms with van der Waals surface area (Å²) in [4.78, 5) is 17.8. The molecular formula is C25H21N3O4. The molecule has 7 nitrogen and oxygen atoms in total. The number of hydrogen-bond acceptors (Lipinski definition) is 6.